The molecule has 0 spiro atoms. The van der Waals surface area contributed by atoms with Crippen LogP contribution in [0.3, 0.4) is 0 Å². The van der Waals surface area contributed by atoms with E-state index >= 15 is 0 Å². The van der Waals surface area contributed by atoms with Crippen molar-refractivity contribution in [3.05, 3.63) is 29.8 Å². The van der Waals surface area contributed by atoms with Gasteiger partial charge in [0, 0.05) is 12.3 Å². The van der Waals surface area contributed by atoms with E-state index in [1.54, 1.807) is 7.11 Å². The van der Waals surface area contributed by atoms with Gasteiger partial charge in [-0.25, -0.2) is 0 Å². The number of carbonyl (C=O) groups excluding carboxylic acids is 1. The number of Topliss-reactive ketones (excluding diaryl/α,β-unsaturated/α-hetero) is 1. The van der Waals surface area contributed by atoms with Crippen molar-refractivity contribution in [2.24, 2.45) is 5.92 Å². The second-order valence-electron chi connectivity index (χ2n) is 5.50. The molecule has 0 radical (unpaired) electrons. The summed E-state index contributed by atoms with van der Waals surface area (Å²) < 4.78 is 5.14. The van der Waals surface area contributed by atoms with Crippen molar-refractivity contribution in [1.29, 1.82) is 0 Å². The molecule has 0 atom stereocenters. The molecule has 2 rings (SSSR count). The van der Waals surface area contributed by atoms with E-state index in [1.165, 1.54) is 31.2 Å². The van der Waals surface area contributed by atoms with Gasteiger partial charge in [-0.15, -0.1) is 0 Å². The summed E-state index contributed by atoms with van der Waals surface area (Å²) in [4.78, 5) is 12.2. The van der Waals surface area contributed by atoms with Gasteiger partial charge >= 0.3 is 0 Å². The van der Waals surface area contributed by atoms with Crippen molar-refractivity contribution in [2.45, 2.75) is 51.4 Å². The second kappa shape index (κ2) is 7.32. The summed E-state index contributed by atoms with van der Waals surface area (Å²) in [5.41, 5.74) is 1.22. The normalized spacial score (nSPS) is 16.9. The number of aryl methyl sites for hydroxylation is 1. The van der Waals surface area contributed by atoms with Crippen molar-refractivity contribution in [1.82, 2.24) is 0 Å². The lowest BCUT2D eigenvalue weighted by Gasteiger charge is -2.12. The molecule has 2 heteroatoms. The topological polar surface area (TPSA) is 26.3 Å². The lowest BCUT2D eigenvalue weighted by Crippen LogP contribution is -2.14. The molecule has 1 aliphatic carbocycles. The first-order chi connectivity index (χ1) is 9.29. The van der Waals surface area contributed by atoms with Gasteiger partial charge in [-0.05, 0) is 37.0 Å². The van der Waals surface area contributed by atoms with Crippen LogP contribution >= 0.6 is 0 Å². The molecule has 0 heterocycles. The number of carbonyl (C=O) groups is 1. The minimum Gasteiger partial charge on any atom is -0.497 e. The van der Waals surface area contributed by atoms with Gasteiger partial charge in [0.2, 0.25) is 0 Å². The van der Waals surface area contributed by atoms with Crippen LogP contribution in [0.25, 0.3) is 0 Å². The molecule has 0 aliphatic heterocycles. The fraction of sp³-hybridized carbons (Fsp3) is 0.588. The molecule has 1 aromatic rings. The van der Waals surface area contributed by atoms with E-state index < -0.39 is 0 Å². The Hall–Kier alpha value is -1.31. The Kier molecular flexibility index (Phi) is 5.44. The van der Waals surface area contributed by atoms with Crippen molar-refractivity contribution in [3.63, 3.8) is 0 Å². The van der Waals surface area contributed by atoms with E-state index in [1.807, 2.05) is 12.1 Å². The highest BCUT2D eigenvalue weighted by atomic mass is 16.5. The molecule has 2 nitrogen and oxygen atoms in total. The first-order valence-corrected chi connectivity index (χ1v) is 7.45. The van der Waals surface area contributed by atoms with Gasteiger partial charge in [0.1, 0.15) is 11.5 Å². The van der Waals surface area contributed by atoms with Crippen LogP contribution in [0.1, 0.15) is 50.5 Å². The van der Waals surface area contributed by atoms with Crippen LogP contribution in [0.2, 0.25) is 0 Å². The summed E-state index contributed by atoms with van der Waals surface area (Å²) in [5, 5.41) is 0. The molecule has 0 aromatic heterocycles. The fourth-order valence-corrected chi connectivity index (χ4v) is 2.87. The van der Waals surface area contributed by atoms with Crippen molar-refractivity contribution in [3.8, 4) is 5.75 Å². The third-order valence-corrected chi connectivity index (χ3v) is 4.13. The molecule has 104 valence electrons. The van der Waals surface area contributed by atoms with Crippen LogP contribution in [-0.2, 0) is 11.2 Å². The van der Waals surface area contributed by atoms with Crippen molar-refractivity contribution < 1.29 is 9.53 Å². The Morgan fingerprint density at radius 1 is 1.11 bits per heavy atom. The fourth-order valence-electron chi connectivity index (χ4n) is 2.87. The molecule has 0 amide bonds. The molecule has 1 saturated carbocycles. The Bertz CT molecular complexity index is 386. The van der Waals surface area contributed by atoms with Crippen LogP contribution in [0.15, 0.2) is 24.3 Å². The minimum atomic E-state index is 0.334. The van der Waals surface area contributed by atoms with E-state index in [2.05, 4.69) is 12.1 Å². The highest BCUT2D eigenvalue weighted by Gasteiger charge is 2.19. The molecule has 19 heavy (non-hydrogen) atoms. The largest absolute Gasteiger partial charge is 0.497 e. The average molecular weight is 260 g/mol. The maximum atomic E-state index is 12.2. The molecule has 0 bridgehead atoms. The number of hydrogen-bond donors (Lipinski definition) is 0. The second-order valence-corrected chi connectivity index (χ2v) is 5.50. The molecule has 0 N–H and O–H groups in total. The van der Waals surface area contributed by atoms with Crippen LogP contribution in [0, 0.1) is 5.92 Å². The third-order valence-electron chi connectivity index (χ3n) is 4.13. The summed E-state index contributed by atoms with van der Waals surface area (Å²) in [6.45, 7) is 0. The number of benzene rings is 1. The van der Waals surface area contributed by atoms with Crippen LogP contribution < -0.4 is 4.74 Å². The summed E-state index contributed by atoms with van der Waals surface area (Å²) in [7, 11) is 1.67. The van der Waals surface area contributed by atoms with E-state index in [-0.39, 0.29) is 0 Å². The quantitative estimate of drug-likeness (QED) is 0.743. The summed E-state index contributed by atoms with van der Waals surface area (Å²) >= 11 is 0. The molecule has 0 saturated heterocycles. The van der Waals surface area contributed by atoms with Gasteiger partial charge in [0.25, 0.3) is 0 Å². The van der Waals surface area contributed by atoms with Gasteiger partial charge in [0.05, 0.1) is 7.11 Å². The SMILES string of the molecule is COc1ccc(CCC(=O)C2CCCCCC2)cc1. The smallest absolute Gasteiger partial charge is 0.136 e. The first kappa shape index (κ1) is 14.1. The predicted octanol–water partition coefficient (Wildman–Crippen LogP) is 4.17. The molecule has 1 fully saturated rings. The Labute approximate surface area is 116 Å². The van der Waals surface area contributed by atoms with Crippen molar-refractivity contribution in [2.75, 3.05) is 7.11 Å². The number of ether oxygens (including phenoxy) is 1. The Balaban J connectivity index is 1.81. The van der Waals surface area contributed by atoms with Gasteiger partial charge in [0.15, 0.2) is 0 Å². The summed E-state index contributed by atoms with van der Waals surface area (Å²) in [6.07, 6.45) is 8.86. The van der Waals surface area contributed by atoms with Gasteiger partial charge in [-0.3, -0.25) is 4.79 Å². The molecule has 0 unspecified atom stereocenters. The predicted molar refractivity (Wildman–Crippen MR) is 77.5 cm³/mol. The third kappa shape index (κ3) is 4.38. The zero-order chi connectivity index (χ0) is 13.5. The Morgan fingerprint density at radius 2 is 1.74 bits per heavy atom. The molecule has 1 aliphatic rings. The monoisotopic (exact) mass is 260 g/mol. The zero-order valence-electron chi connectivity index (χ0n) is 11.9. The van der Waals surface area contributed by atoms with E-state index in [0.29, 0.717) is 18.1 Å². The number of rotatable bonds is 5. The van der Waals surface area contributed by atoms with Gasteiger partial charge < -0.3 is 4.74 Å². The van der Waals surface area contributed by atoms with Crippen LogP contribution in [0.4, 0.5) is 0 Å². The van der Waals surface area contributed by atoms with Gasteiger partial charge in [-0.2, -0.15) is 0 Å². The summed E-state index contributed by atoms with van der Waals surface area (Å²) in [5.74, 6) is 1.68. The van der Waals surface area contributed by atoms with E-state index in [4.69, 9.17) is 4.74 Å². The highest BCUT2D eigenvalue weighted by Crippen LogP contribution is 2.25. The molecule has 1 aromatic carbocycles. The maximum absolute atomic E-state index is 12.2. The number of methoxy groups -OCH3 is 1. The van der Waals surface area contributed by atoms with Crippen LogP contribution in [0.5, 0.6) is 5.75 Å². The maximum Gasteiger partial charge on any atom is 0.136 e. The Morgan fingerprint density at radius 3 is 2.32 bits per heavy atom. The molecular formula is C17H24O2. The van der Waals surface area contributed by atoms with Crippen LogP contribution in [-0.4, -0.2) is 12.9 Å². The zero-order valence-corrected chi connectivity index (χ0v) is 11.9. The molecular weight excluding hydrogens is 236 g/mol. The van der Waals surface area contributed by atoms with Gasteiger partial charge in [-0.1, -0.05) is 37.8 Å². The standard InChI is InChI=1S/C17H24O2/c1-19-16-11-8-14(9-12-16)10-13-17(18)15-6-4-2-3-5-7-15/h8-9,11-12,15H,2-7,10,13H2,1H3. The number of ketones is 1. The lowest BCUT2D eigenvalue weighted by atomic mass is 9.92. The van der Waals surface area contributed by atoms with Crippen molar-refractivity contribution >= 4 is 5.78 Å². The first-order valence-electron chi connectivity index (χ1n) is 7.45. The van der Waals surface area contributed by atoms with E-state index in [9.17, 15) is 4.79 Å². The summed E-state index contributed by atoms with van der Waals surface area (Å²) in [6, 6.07) is 8.04. The number of hydrogen-bond acceptors (Lipinski definition) is 2. The highest BCUT2D eigenvalue weighted by molar-refractivity contribution is 5.81. The lowest BCUT2D eigenvalue weighted by molar-refractivity contribution is -0.123. The average Bonchev–Trinajstić information content (AvgIpc) is 2.74. The minimum absolute atomic E-state index is 0.334. The van der Waals surface area contributed by atoms with E-state index in [0.717, 1.165) is 25.0 Å².